The van der Waals surface area contributed by atoms with Crippen LogP contribution in [0.15, 0.2) is 42.5 Å². The number of para-hydroxylation sites is 3. The minimum Gasteiger partial charge on any atom is -0.309 e. The maximum absolute atomic E-state index is 14.4. The number of hydrogen-bond acceptors (Lipinski definition) is 4. The molecular weight excluding hydrogens is 398 g/mol. The highest BCUT2D eigenvalue weighted by Crippen LogP contribution is 2.46. The molecule has 0 bridgehead atoms. The van der Waals surface area contributed by atoms with E-state index in [2.05, 4.69) is 24.1 Å². The monoisotopic (exact) mass is 422 g/mol. The van der Waals surface area contributed by atoms with Crippen LogP contribution in [-0.4, -0.2) is 51.6 Å². The average molecular weight is 423 g/mol. The van der Waals surface area contributed by atoms with Crippen molar-refractivity contribution < 1.29 is 17.2 Å². The number of hydrogen-bond donors (Lipinski definition) is 1. The van der Waals surface area contributed by atoms with Gasteiger partial charge in [0.15, 0.2) is 11.6 Å². The lowest BCUT2D eigenvalue weighted by Gasteiger charge is -2.36. The summed E-state index contributed by atoms with van der Waals surface area (Å²) in [5, 5.41) is 3.44. The molecule has 9 heteroatoms. The highest BCUT2D eigenvalue weighted by atomic mass is 32.2. The van der Waals surface area contributed by atoms with Crippen LogP contribution in [-0.2, 0) is 10.2 Å². The molecule has 6 nitrogen and oxygen atoms in total. The average Bonchev–Trinajstić information content (AvgIpc) is 2.86. The standard InChI is InChI=1S/C20H24F2N4O2S/c1-14-12-24(13-15(2)23-14)10-11-25-18-8-3-4-9-19(18)26(29(25,27)28)20-16(21)6-5-7-17(20)22/h3-9,14-15,23H,10-13H2,1-2H3. The van der Waals surface area contributed by atoms with Crippen molar-refractivity contribution in [2.45, 2.75) is 25.9 Å². The zero-order valence-electron chi connectivity index (χ0n) is 16.3. The lowest BCUT2D eigenvalue weighted by atomic mass is 10.1. The van der Waals surface area contributed by atoms with E-state index in [4.69, 9.17) is 0 Å². The summed E-state index contributed by atoms with van der Waals surface area (Å²) in [6.45, 7) is 6.53. The number of fused-ring (bicyclic) bond motifs is 1. The van der Waals surface area contributed by atoms with E-state index in [1.165, 1.54) is 10.4 Å². The zero-order chi connectivity index (χ0) is 20.8. The molecule has 2 aromatic rings. The van der Waals surface area contributed by atoms with Gasteiger partial charge in [-0.1, -0.05) is 18.2 Å². The molecule has 0 radical (unpaired) electrons. The fraction of sp³-hybridized carbons (Fsp3) is 0.400. The minimum atomic E-state index is -4.17. The van der Waals surface area contributed by atoms with Gasteiger partial charge in [0, 0.05) is 38.3 Å². The summed E-state index contributed by atoms with van der Waals surface area (Å²) in [5.41, 5.74) is 0.0943. The van der Waals surface area contributed by atoms with Gasteiger partial charge in [-0.05, 0) is 38.1 Å². The summed E-state index contributed by atoms with van der Waals surface area (Å²) in [6.07, 6.45) is 0. The summed E-state index contributed by atoms with van der Waals surface area (Å²) in [5.74, 6) is -1.84. The van der Waals surface area contributed by atoms with Gasteiger partial charge < -0.3 is 5.32 Å². The first-order chi connectivity index (χ1) is 13.8. The van der Waals surface area contributed by atoms with Crippen molar-refractivity contribution in [3.05, 3.63) is 54.1 Å². The van der Waals surface area contributed by atoms with Gasteiger partial charge in [-0.3, -0.25) is 4.90 Å². The predicted octanol–water partition coefficient (Wildman–Crippen LogP) is 2.85. The third-order valence-electron chi connectivity index (χ3n) is 5.27. The van der Waals surface area contributed by atoms with Crippen molar-refractivity contribution in [2.75, 3.05) is 34.8 Å². The molecular formula is C20H24F2N4O2S. The fourth-order valence-corrected chi connectivity index (χ4v) is 5.92. The van der Waals surface area contributed by atoms with Crippen LogP contribution in [0.3, 0.4) is 0 Å². The molecule has 2 aliphatic rings. The highest BCUT2D eigenvalue weighted by Gasteiger charge is 2.43. The van der Waals surface area contributed by atoms with Crippen molar-refractivity contribution in [3.63, 3.8) is 0 Å². The van der Waals surface area contributed by atoms with Gasteiger partial charge in [0.25, 0.3) is 0 Å². The zero-order valence-corrected chi connectivity index (χ0v) is 17.2. The molecule has 2 aromatic carbocycles. The Kier molecular flexibility index (Phi) is 5.22. The van der Waals surface area contributed by atoms with Crippen LogP contribution in [0.2, 0.25) is 0 Å². The number of halogens is 2. The van der Waals surface area contributed by atoms with Gasteiger partial charge in [0.1, 0.15) is 5.69 Å². The number of anilines is 3. The topological polar surface area (TPSA) is 55.9 Å². The van der Waals surface area contributed by atoms with E-state index in [0.29, 0.717) is 24.3 Å². The normalized spacial score (nSPS) is 24.0. The summed E-state index contributed by atoms with van der Waals surface area (Å²) < 4.78 is 57.6. The minimum absolute atomic E-state index is 0.200. The van der Waals surface area contributed by atoms with E-state index in [9.17, 15) is 17.2 Å². The maximum atomic E-state index is 14.4. The Morgan fingerprint density at radius 3 is 2.14 bits per heavy atom. The first-order valence-corrected chi connectivity index (χ1v) is 11.0. The summed E-state index contributed by atoms with van der Waals surface area (Å²) in [4.78, 5) is 2.20. The van der Waals surface area contributed by atoms with E-state index in [1.807, 2.05) is 0 Å². The quantitative estimate of drug-likeness (QED) is 0.823. The number of nitrogens with one attached hydrogen (secondary N) is 1. The van der Waals surface area contributed by atoms with Gasteiger partial charge in [-0.25, -0.2) is 17.4 Å². The second kappa shape index (κ2) is 7.55. The summed E-state index contributed by atoms with van der Waals surface area (Å²) in [6, 6.07) is 10.6. The van der Waals surface area contributed by atoms with E-state index >= 15 is 0 Å². The van der Waals surface area contributed by atoms with Crippen LogP contribution in [0.1, 0.15) is 13.8 Å². The predicted molar refractivity (Wildman–Crippen MR) is 110 cm³/mol. The molecule has 2 heterocycles. The Labute approximate surface area is 169 Å². The molecule has 1 fully saturated rings. The lowest BCUT2D eigenvalue weighted by Crippen LogP contribution is -2.55. The molecule has 0 saturated carbocycles. The van der Waals surface area contributed by atoms with Crippen molar-refractivity contribution in [1.29, 1.82) is 0 Å². The van der Waals surface area contributed by atoms with Crippen LogP contribution in [0.25, 0.3) is 0 Å². The Morgan fingerprint density at radius 1 is 0.931 bits per heavy atom. The largest absolute Gasteiger partial charge is 0.331 e. The SMILES string of the molecule is CC1CN(CCN2c3ccccc3N(c3c(F)cccc3F)S2(=O)=O)CC(C)N1. The molecule has 156 valence electrons. The van der Waals surface area contributed by atoms with Gasteiger partial charge in [-0.15, -0.1) is 0 Å². The van der Waals surface area contributed by atoms with Crippen molar-refractivity contribution in [3.8, 4) is 0 Å². The summed E-state index contributed by atoms with van der Waals surface area (Å²) in [7, 11) is -4.17. The van der Waals surface area contributed by atoms with Crippen molar-refractivity contribution >= 4 is 27.3 Å². The number of nitrogens with zero attached hydrogens (tertiary/aromatic N) is 3. The van der Waals surface area contributed by atoms with E-state index in [1.54, 1.807) is 24.3 Å². The van der Waals surface area contributed by atoms with Crippen LogP contribution in [0.5, 0.6) is 0 Å². The second-order valence-corrected chi connectivity index (χ2v) is 9.33. The Bertz CT molecular complexity index is 987. The van der Waals surface area contributed by atoms with Gasteiger partial charge in [0.05, 0.1) is 11.4 Å². The van der Waals surface area contributed by atoms with Crippen LogP contribution in [0, 0.1) is 11.6 Å². The number of benzene rings is 2. The molecule has 0 spiro atoms. The van der Waals surface area contributed by atoms with Crippen LogP contribution >= 0.6 is 0 Å². The Morgan fingerprint density at radius 2 is 1.52 bits per heavy atom. The Balaban J connectivity index is 1.68. The molecule has 4 rings (SSSR count). The van der Waals surface area contributed by atoms with E-state index in [-0.39, 0.29) is 12.2 Å². The van der Waals surface area contributed by atoms with Crippen LogP contribution < -0.4 is 13.9 Å². The maximum Gasteiger partial charge on any atom is 0.331 e. The van der Waals surface area contributed by atoms with Crippen LogP contribution in [0.4, 0.5) is 25.8 Å². The fourth-order valence-electron chi connectivity index (χ4n) is 4.20. The van der Waals surface area contributed by atoms with Crippen molar-refractivity contribution in [2.24, 2.45) is 0 Å². The molecule has 2 aliphatic heterocycles. The molecule has 2 atom stereocenters. The molecule has 1 saturated heterocycles. The third-order valence-corrected chi connectivity index (χ3v) is 7.05. The van der Waals surface area contributed by atoms with Gasteiger partial charge in [0.2, 0.25) is 0 Å². The molecule has 1 N–H and O–H groups in total. The first-order valence-electron chi connectivity index (χ1n) is 9.63. The molecule has 0 aromatic heterocycles. The van der Waals surface area contributed by atoms with E-state index in [0.717, 1.165) is 29.5 Å². The van der Waals surface area contributed by atoms with Crippen molar-refractivity contribution in [1.82, 2.24) is 10.2 Å². The summed E-state index contributed by atoms with van der Waals surface area (Å²) >= 11 is 0. The van der Waals surface area contributed by atoms with E-state index < -0.39 is 27.5 Å². The molecule has 0 aliphatic carbocycles. The smallest absolute Gasteiger partial charge is 0.309 e. The third kappa shape index (κ3) is 3.58. The lowest BCUT2D eigenvalue weighted by molar-refractivity contribution is 0.178. The first kappa shape index (κ1) is 20.1. The Hall–Kier alpha value is -2.23. The second-order valence-electron chi connectivity index (χ2n) is 7.63. The highest BCUT2D eigenvalue weighted by molar-refractivity contribution is 7.95. The number of rotatable bonds is 4. The molecule has 29 heavy (non-hydrogen) atoms. The van der Waals surface area contributed by atoms with Gasteiger partial charge >= 0.3 is 10.2 Å². The van der Waals surface area contributed by atoms with Gasteiger partial charge in [-0.2, -0.15) is 8.42 Å². The number of piperazine rings is 1. The molecule has 2 unspecified atom stereocenters. The molecule has 0 amide bonds.